The number of ether oxygens (including phenoxy) is 1. The predicted molar refractivity (Wildman–Crippen MR) is 104 cm³/mol. The van der Waals surface area contributed by atoms with E-state index in [1.165, 1.54) is 25.0 Å². The number of hydrogen-bond donors (Lipinski definition) is 2. The Morgan fingerprint density at radius 2 is 1.88 bits per heavy atom. The first-order valence-corrected chi connectivity index (χ1v) is 8.69. The standard InChI is InChI=1S/C21H26N2O3/c1-14(2)11-16-5-8-18(9-6-16)15(3)21(25)23-22-13-17-7-10-19(24)20(12-17)26-4/h5-10,12-15,24H,11H2,1-4H3,(H,23,25)/b22-13+. The molecule has 1 unspecified atom stereocenters. The average Bonchev–Trinajstić information content (AvgIpc) is 2.62. The van der Waals surface area contributed by atoms with Gasteiger partial charge in [0.25, 0.3) is 0 Å². The van der Waals surface area contributed by atoms with E-state index in [1.54, 1.807) is 12.1 Å². The van der Waals surface area contributed by atoms with Crippen molar-refractivity contribution in [3.63, 3.8) is 0 Å². The van der Waals surface area contributed by atoms with E-state index in [1.807, 2.05) is 19.1 Å². The van der Waals surface area contributed by atoms with Gasteiger partial charge < -0.3 is 9.84 Å². The Balaban J connectivity index is 1.96. The second kappa shape index (κ2) is 9.04. The summed E-state index contributed by atoms with van der Waals surface area (Å²) >= 11 is 0. The highest BCUT2D eigenvalue weighted by Crippen LogP contribution is 2.25. The normalized spacial score (nSPS) is 12.3. The van der Waals surface area contributed by atoms with Crippen molar-refractivity contribution < 1.29 is 14.6 Å². The van der Waals surface area contributed by atoms with Crippen LogP contribution in [0, 0.1) is 5.92 Å². The Kier molecular flexibility index (Phi) is 6.78. The van der Waals surface area contributed by atoms with Gasteiger partial charge in [-0.2, -0.15) is 5.10 Å². The van der Waals surface area contributed by atoms with E-state index in [0.717, 1.165) is 12.0 Å². The number of phenols is 1. The molecule has 1 amide bonds. The number of amides is 1. The molecule has 0 spiro atoms. The Morgan fingerprint density at radius 1 is 1.19 bits per heavy atom. The van der Waals surface area contributed by atoms with Gasteiger partial charge in [0, 0.05) is 0 Å². The molecule has 2 N–H and O–H groups in total. The van der Waals surface area contributed by atoms with Crippen LogP contribution in [-0.2, 0) is 11.2 Å². The third kappa shape index (κ3) is 5.34. The molecule has 0 aliphatic carbocycles. The van der Waals surface area contributed by atoms with Crippen LogP contribution in [0.2, 0.25) is 0 Å². The van der Waals surface area contributed by atoms with Crippen LogP contribution in [0.4, 0.5) is 0 Å². The van der Waals surface area contributed by atoms with E-state index in [2.05, 4.69) is 36.5 Å². The van der Waals surface area contributed by atoms with Gasteiger partial charge in [0.2, 0.25) is 5.91 Å². The molecule has 0 radical (unpaired) electrons. The molecule has 0 heterocycles. The molecule has 2 aromatic rings. The molecule has 0 aliphatic heterocycles. The monoisotopic (exact) mass is 354 g/mol. The maximum absolute atomic E-state index is 12.3. The van der Waals surface area contributed by atoms with Gasteiger partial charge >= 0.3 is 0 Å². The fourth-order valence-electron chi connectivity index (χ4n) is 2.61. The van der Waals surface area contributed by atoms with E-state index >= 15 is 0 Å². The van der Waals surface area contributed by atoms with E-state index in [0.29, 0.717) is 17.2 Å². The molecule has 0 bridgehead atoms. The summed E-state index contributed by atoms with van der Waals surface area (Å²) in [5.41, 5.74) is 5.50. The summed E-state index contributed by atoms with van der Waals surface area (Å²) in [6, 6.07) is 13.0. The summed E-state index contributed by atoms with van der Waals surface area (Å²) in [4.78, 5) is 12.3. The van der Waals surface area contributed by atoms with Crippen molar-refractivity contribution >= 4 is 12.1 Å². The third-order valence-corrected chi connectivity index (χ3v) is 4.11. The number of aromatic hydroxyl groups is 1. The minimum Gasteiger partial charge on any atom is -0.504 e. The minimum absolute atomic E-state index is 0.0585. The van der Waals surface area contributed by atoms with Gasteiger partial charge in [0.05, 0.1) is 19.2 Å². The lowest BCUT2D eigenvalue weighted by molar-refractivity contribution is -0.122. The molecule has 26 heavy (non-hydrogen) atoms. The van der Waals surface area contributed by atoms with Crippen LogP contribution in [0.5, 0.6) is 11.5 Å². The molecule has 0 fully saturated rings. The summed E-state index contributed by atoms with van der Waals surface area (Å²) in [7, 11) is 1.48. The number of nitrogens with one attached hydrogen (secondary N) is 1. The van der Waals surface area contributed by atoms with Crippen molar-refractivity contribution in [2.24, 2.45) is 11.0 Å². The van der Waals surface area contributed by atoms with E-state index in [9.17, 15) is 9.90 Å². The SMILES string of the molecule is COc1cc(/C=N/NC(=O)C(C)c2ccc(CC(C)C)cc2)ccc1O. The first-order chi connectivity index (χ1) is 12.4. The lowest BCUT2D eigenvalue weighted by Crippen LogP contribution is -2.23. The van der Waals surface area contributed by atoms with E-state index in [4.69, 9.17) is 4.74 Å². The Hall–Kier alpha value is -2.82. The zero-order valence-electron chi connectivity index (χ0n) is 15.7. The van der Waals surface area contributed by atoms with Crippen LogP contribution in [0.15, 0.2) is 47.6 Å². The van der Waals surface area contributed by atoms with Crippen molar-refractivity contribution in [1.29, 1.82) is 0 Å². The number of benzene rings is 2. The molecule has 5 heteroatoms. The fraction of sp³-hybridized carbons (Fsp3) is 0.333. The molecule has 5 nitrogen and oxygen atoms in total. The highest BCUT2D eigenvalue weighted by atomic mass is 16.5. The maximum atomic E-state index is 12.3. The largest absolute Gasteiger partial charge is 0.504 e. The van der Waals surface area contributed by atoms with Crippen molar-refractivity contribution in [2.75, 3.05) is 7.11 Å². The molecular formula is C21H26N2O3. The number of methoxy groups -OCH3 is 1. The van der Waals surface area contributed by atoms with Gasteiger partial charge in [-0.25, -0.2) is 5.43 Å². The summed E-state index contributed by atoms with van der Waals surface area (Å²) in [5.74, 6) is 0.547. The maximum Gasteiger partial charge on any atom is 0.247 e. The third-order valence-electron chi connectivity index (χ3n) is 4.11. The van der Waals surface area contributed by atoms with Crippen LogP contribution in [-0.4, -0.2) is 24.3 Å². The summed E-state index contributed by atoms with van der Waals surface area (Å²) < 4.78 is 5.04. The smallest absolute Gasteiger partial charge is 0.247 e. The first-order valence-electron chi connectivity index (χ1n) is 8.69. The van der Waals surface area contributed by atoms with Crippen molar-refractivity contribution in [2.45, 2.75) is 33.1 Å². The lowest BCUT2D eigenvalue weighted by Gasteiger charge is -2.11. The zero-order chi connectivity index (χ0) is 19.1. The Bertz CT molecular complexity index is 767. The topological polar surface area (TPSA) is 70.9 Å². The summed E-state index contributed by atoms with van der Waals surface area (Å²) in [5, 5.41) is 13.6. The summed E-state index contributed by atoms with van der Waals surface area (Å²) in [6.07, 6.45) is 2.54. The first kappa shape index (κ1) is 19.5. The Labute approximate surface area is 154 Å². The Morgan fingerprint density at radius 3 is 2.50 bits per heavy atom. The van der Waals surface area contributed by atoms with Crippen LogP contribution in [0.25, 0.3) is 0 Å². The second-order valence-corrected chi connectivity index (χ2v) is 6.73. The van der Waals surface area contributed by atoms with E-state index in [-0.39, 0.29) is 17.6 Å². The quantitative estimate of drug-likeness (QED) is 0.586. The van der Waals surface area contributed by atoms with Crippen molar-refractivity contribution in [3.8, 4) is 11.5 Å². The number of hydrogen-bond acceptors (Lipinski definition) is 4. The van der Waals surface area contributed by atoms with Crippen LogP contribution >= 0.6 is 0 Å². The highest BCUT2D eigenvalue weighted by molar-refractivity contribution is 5.86. The summed E-state index contributed by atoms with van der Waals surface area (Å²) in [6.45, 7) is 6.23. The van der Waals surface area contributed by atoms with Gasteiger partial charge in [-0.1, -0.05) is 38.1 Å². The van der Waals surface area contributed by atoms with Crippen molar-refractivity contribution in [1.82, 2.24) is 5.43 Å². The van der Waals surface area contributed by atoms with Gasteiger partial charge in [-0.15, -0.1) is 0 Å². The highest BCUT2D eigenvalue weighted by Gasteiger charge is 2.14. The molecule has 0 saturated heterocycles. The number of rotatable bonds is 7. The van der Waals surface area contributed by atoms with Gasteiger partial charge in [-0.05, 0) is 54.2 Å². The number of phenolic OH excluding ortho intramolecular Hbond substituents is 1. The molecule has 0 aliphatic rings. The molecule has 138 valence electrons. The fourth-order valence-corrected chi connectivity index (χ4v) is 2.61. The number of hydrazone groups is 1. The van der Waals surface area contributed by atoms with Gasteiger partial charge in [0.15, 0.2) is 11.5 Å². The molecule has 0 saturated carbocycles. The van der Waals surface area contributed by atoms with Crippen LogP contribution in [0.3, 0.4) is 0 Å². The number of carbonyl (C=O) groups excluding carboxylic acids is 1. The van der Waals surface area contributed by atoms with Crippen molar-refractivity contribution in [3.05, 3.63) is 59.2 Å². The molecular weight excluding hydrogens is 328 g/mol. The van der Waals surface area contributed by atoms with Crippen LogP contribution < -0.4 is 10.2 Å². The molecule has 2 aromatic carbocycles. The minimum atomic E-state index is -0.297. The average molecular weight is 354 g/mol. The van der Waals surface area contributed by atoms with E-state index < -0.39 is 0 Å². The molecule has 2 rings (SSSR count). The second-order valence-electron chi connectivity index (χ2n) is 6.73. The number of carbonyl (C=O) groups is 1. The predicted octanol–water partition coefficient (Wildman–Crippen LogP) is 3.85. The zero-order valence-corrected chi connectivity index (χ0v) is 15.7. The van der Waals surface area contributed by atoms with Crippen LogP contribution in [0.1, 0.15) is 43.4 Å². The molecule has 0 aromatic heterocycles. The van der Waals surface area contributed by atoms with Gasteiger partial charge in [0.1, 0.15) is 0 Å². The van der Waals surface area contributed by atoms with Gasteiger partial charge in [-0.3, -0.25) is 4.79 Å². The molecule has 1 atom stereocenters. The lowest BCUT2D eigenvalue weighted by atomic mass is 9.96. The number of nitrogens with zero attached hydrogens (tertiary/aromatic N) is 1.